The summed E-state index contributed by atoms with van der Waals surface area (Å²) in [7, 11) is 0. The molecule has 3 rings (SSSR count). The lowest BCUT2D eigenvalue weighted by Crippen LogP contribution is -2.22. The highest BCUT2D eigenvalue weighted by molar-refractivity contribution is 6.14. The first-order valence-electron chi connectivity index (χ1n) is 9.22. The van der Waals surface area contributed by atoms with E-state index in [0.29, 0.717) is 16.8 Å². The smallest absolute Gasteiger partial charge is 0.339 e. The molecular weight excluding hydrogens is 382 g/mol. The normalized spacial score (nSPS) is 10.2. The maximum absolute atomic E-state index is 12.7. The first-order chi connectivity index (χ1) is 14.5. The number of ether oxygens (including phenoxy) is 1. The summed E-state index contributed by atoms with van der Waals surface area (Å²) in [6.07, 6.45) is 0. The monoisotopic (exact) mass is 401 g/mol. The van der Waals surface area contributed by atoms with Gasteiger partial charge in [0.1, 0.15) is 0 Å². The lowest BCUT2D eigenvalue weighted by atomic mass is 9.98. The largest absolute Gasteiger partial charge is 0.452 e. The van der Waals surface area contributed by atoms with Gasteiger partial charge in [0.2, 0.25) is 0 Å². The van der Waals surface area contributed by atoms with Crippen molar-refractivity contribution in [3.05, 3.63) is 101 Å². The highest BCUT2D eigenvalue weighted by atomic mass is 16.5. The third-order valence-corrected chi connectivity index (χ3v) is 4.34. The van der Waals surface area contributed by atoms with Gasteiger partial charge in [0.05, 0.1) is 5.56 Å². The molecule has 0 fully saturated rings. The Morgan fingerprint density at radius 1 is 0.733 bits per heavy atom. The lowest BCUT2D eigenvalue weighted by molar-refractivity contribution is -0.119. The molecule has 0 radical (unpaired) electrons. The van der Waals surface area contributed by atoms with E-state index in [0.717, 1.165) is 0 Å². The van der Waals surface area contributed by atoms with E-state index in [4.69, 9.17) is 4.74 Å². The van der Waals surface area contributed by atoms with Gasteiger partial charge in [-0.15, -0.1) is 0 Å². The molecule has 6 heteroatoms. The molecule has 3 aromatic rings. The number of amides is 1. The fourth-order valence-electron chi connectivity index (χ4n) is 2.80. The Bertz CT molecular complexity index is 1090. The number of esters is 1. The number of rotatable bonds is 7. The van der Waals surface area contributed by atoms with Crippen LogP contribution in [-0.4, -0.2) is 30.0 Å². The second-order valence-electron chi connectivity index (χ2n) is 6.50. The van der Waals surface area contributed by atoms with E-state index in [2.05, 4.69) is 5.32 Å². The molecule has 0 saturated carbocycles. The molecule has 0 saturated heterocycles. The lowest BCUT2D eigenvalue weighted by Gasteiger charge is -2.10. The molecular formula is C24H19NO5. The molecule has 0 aliphatic heterocycles. The van der Waals surface area contributed by atoms with Crippen LogP contribution in [0.4, 0.5) is 5.69 Å². The number of ketones is 2. The molecule has 0 unspecified atom stereocenters. The Labute approximate surface area is 173 Å². The SMILES string of the molecule is CC(=O)c1ccc(NC(=O)COC(=O)c2ccccc2C(=O)c2ccccc2)cc1. The van der Waals surface area contributed by atoms with Crippen molar-refractivity contribution >= 4 is 29.1 Å². The molecule has 0 atom stereocenters. The number of carbonyl (C=O) groups excluding carboxylic acids is 4. The van der Waals surface area contributed by atoms with Gasteiger partial charge in [-0.1, -0.05) is 48.5 Å². The minimum Gasteiger partial charge on any atom is -0.452 e. The Morgan fingerprint density at radius 3 is 1.97 bits per heavy atom. The summed E-state index contributed by atoms with van der Waals surface area (Å²) in [5, 5.41) is 2.58. The number of hydrogen-bond donors (Lipinski definition) is 1. The van der Waals surface area contributed by atoms with Crippen molar-refractivity contribution in [2.75, 3.05) is 11.9 Å². The fourth-order valence-corrected chi connectivity index (χ4v) is 2.80. The summed E-state index contributed by atoms with van der Waals surface area (Å²) in [4.78, 5) is 48.6. The first kappa shape index (κ1) is 20.7. The van der Waals surface area contributed by atoms with E-state index in [1.165, 1.54) is 13.0 Å². The van der Waals surface area contributed by atoms with Crippen LogP contribution in [0.3, 0.4) is 0 Å². The van der Waals surface area contributed by atoms with Gasteiger partial charge in [0, 0.05) is 22.4 Å². The second kappa shape index (κ2) is 9.43. The molecule has 1 N–H and O–H groups in total. The molecule has 30 heavy (non-hydrogen) atoms. The van der Waals surface area contributed by atoms with Crippen LogP contribution in [0.2, 0.25) is 0 Å². The van der Waals surface area contributed by atoms with Crippen LogP contribution in [0.25, 0.3) is 0 Å². The third kappa shape index (κ3) is 5.05. The van der Waals surface area contributed by atoms with Gasteiger partial charge >= 0.3 is 5.97 Å². The van der Waals surface area contributed by atoms with Crippen LogP contribution in [-0.2, 0) is 9.53 Å². The van der Waals surface area contributed by atoms with E-state index in [9.17, 15) is 19.2 Å². The van der Waals surface area contributed by atoms with Crippen molar-refractivity contribution in [1.82, 2.24) is 0 Å². The van der Waals surface area contributed by atoms with Crippen LogP contribution in [0.15, 0.2) is 78.9 Å². The van der Waals surface area contributed by atoms with Crippen LogP contribution in [0, 0.1) is 0 Å². The number of benzene rings is 3. The fraction of sp³-hybridized carbons (Fsp3) is 0.0833. The molecule has 150 valence electrons. The topological polar surface area (TPSA) is 89.5 Å². The third-order valence-electron chi connectivity index (χ3n) is 4.34. The molecule has 6 nitrogen and oxygen atoms in total. The number of hydrogen-bond acceptors (Lipinski definition) is 5. The van der Waals surface area contributed by atoms with E-state index in [1.54, 1.807) is 72.8 Å². The van der Waals surface area contributed by atoms with Crippen molar-refractivity contribution < 1.29 is 23.9 Å². The summed E-state index contributed by atoms with van der Waals surface area (Å²) >= 11 is 0. The zero-order chi connectivity index (χ0) is 21.5. The van der Waals surface area contributed by atoms with Crippen LogP contribution >= 0.6 is 0 Å². The zero-order valence-corrected chi connectivity index (χ0v) is 16.3. The zero-order valence-electron chi connectivity index (χ0n) is 16.3. The van der Waals surface area contributed by atoms with Crippen LogP contribution in [0.5, 0.6) is 0 Å². The first-order valence-corrected chi connectivity index (χ1v) is 9.22. The minimum atomic E-state index is -0.767. The van der Waals surface area contributed by atoms with Gasteiger partial charge in [-0.25, -0.2) is 4.79 Å². The highest BCUT2D eigenvalue weighted by Crippen LogP contribution is 2.16. The Morgan fingerprint density at radius 2 is 1.33 bits per heavy atom. The maximum atomic E-state index is 12.7. The average Bonchev–Trinajstić information content (AvgIpc) is 2.78. The van der Waals surface area contributed by atoms with E-state index in [1.807, 2.05) is 0 Å². The second-order valence-corrected chi connectivity index (χ2v) is 6.50. The van der Waals surface area contributed by atoms with Crippen LogP contribution < -0.4 is 5.32 Å². The maximum Gasteiger partial charge on any atom is 0.339 e. The van der Waals surface area contributed by atoms with E-state index >= 15 is 0 Å². The Balaban J connectivity index is 1.64. The quantitative estimate of drug-likeness (QED) is 0.479. The molecule has 3 aromatic carbocycles. The van der Waals surface area contributed by atoms with Crippen LogP contribution in [0.1, 0.15) is 43.6 Å². The average molecular weight is 401 g/mol. The van der Waals surface area contributed by atoms with Crippen molar-refractivity contribution in [3.63, 3.8) is 0 Å². The number of nitrogens with one attached hydrogen (secondary N) is 1. The van der Waals surface area contributed by atoms with E-state index < -0.39 is 18.5 Å². The number of anilines is 1. The number of carbonyl (C=O) groups is 4. The summed E-state index contributed by atoms with van der Waals surface area (Å²) in [6, 6.07) is 21.3. The van der Waals surface area contributed by atoms with Crippen molar-refractivity contribution in [2.45, 2.75) is 6.92 Å². The molecule has 0 aromatic heterocycles. The molecule has 0 aliphatic rings. The summed E-state index contributed by atoms with van der Waals surface area (Å²) < 4.78 is 5.09. The predicted octanol–water partition coefficient (Wildman–Crippen LogP) is 3.92. The molecule has 0 aliphatic carbocycles. The van der Waals surface area contributed by atoms with Crippen molar-refractivity contribution in [2.24, 2.45) is 0 Å². The standard InChI is InChI=1S/C24H19NO5/c1-16(26)17-11-13-19(14-12-17)25-22(27)15-30-24(29)21-10-6-5-9-20(21)23(28)18-7-3-2-4-8-18/h2-14H,15H2,1H3,(H,25,27). The predicted molar refractivity (Wildman–Crippen MR) is 112 cm³/mol. The van der Waals surface area contributed by atoms with E-state index in [-0.39, 0.29) is 22.7 Å². The van der Waals surface area contributed by atoms with Gasteiger partial charge in [-0.3, -0.25) is 14.4 Å². The summed E-state index contributed by atoms with van der Waals surface area (Å²) in [6.45, 7) is 0.939. The van der Waals surface area contributed by atoms with Gasteiger partial charge in [0.15, 0.2) is 18.2 Å². The van der Waals surface area contributed by atoms with Gasteiger partial charge < -0.3 is 10.1 Å². The van der Waals surface area contributed by atoms with Crippen molar-refractivity contribution in [1.29, 1.82) is 0 Å². The minimum absolute atomic E-state index is 0.0782. The Kier molecular flexibility index (Phi) is 6.49. The van der Waals surface area contributed by atoms with Gasteiger partial charge in [0.25, 0.3) is 5.91 Å². The van der Waals surface area contributed by atoms with Crippen molar-refractivity contribution in [3.8, 4) is 0 Å². The van der Waals surface area contributed by atoms with Gasteiger partial charge in [-0.05, 0) is 37.3 Å². The Hall–Kier alpha value is -4.06. The molecule has 1 amide bonds. The highest BCUT2D eigenvalue weighted by Gasteiger charge is 2.19. The van der Waals surface area contributed by atoms with Gasteiger partial charge in [-0.2, -0.15) is 0 Å². The summed E-state index contributed by atoms with van der Waals surface area (Å²) in [5.74, 6) is -1.69. The molecule has 0 heterocycles. The number of Topliss-reactive ketones (excluding diaryl/α,β-unsaturated/α-hetero) is 1. The summed E-state index contributed by atoms with van der Waals surface area (Å²) in [5.41, 5.74) is 1.74. The molecule has 0 spiro atoms. The molecule has 0 bridgehead atoms.